The van der Waals surface area contributed by atoms with Crippen molar-refractivity contribution in [3.63, 3.8) is 0 Å². The van der Waals surface area contributed by atoms with E-state index in [1.54, 1.807) is 12.1 Å². The van der Waals surface area contributed by atoms with Crippen LogP contribution >= 0.6 is 15.9 Å². The van der Waals surface area contributed by atoms with Gasteiger partial charge in [-0.2, -0.15) is 0 Å². The summed E-state index contributed by atoms with van der Waals surface area (Å²) >= 11 is 3.42. The molecular weight excluding hydrogens is 522 g/mol. The lowest BCUT2D eigenvalue weighted by Gasteiger charge is -2.47. The Bertz CT molecular complexity index is 1370. The van der Waals surface area contributed by atoms with Gasteiger partial charge in [-0.1, -0.05) is 34.1 Å². The average molecular weight is 548 g/mol. The topological polar surface area (TPSA) is 80.2 Å². The van der Waals surface area contributed by atoms with E-state index in [9.17, 15) is 9.70 Å². The molecule has 0 saturated carbocycles. The number of nitroso groups, excluding NO2 is 1. The highest BCUT2D eigenvalue weighted by Crippen LogP contribution is 2.56. The van der Waals surface area contributed by atoms with Gasteiger partial charge in [0, 0.05) is 27.5 Å². The minimum Gasteiger partial charge on any atom is -0.490 e. The summed E-state index contributed by atoms with van der Waals surface area (Å²) < 4.78 is 13.6. The average Bonchev–Trinajstić information content (AvgIpc) is 3.04. The third kappa shape index (κ3) is 3.86. The highest BCUT2D eigenvalue weighted by molar-refractivity contribution is 9.10. The second-order valence-electron chi connectivity index (χ2n) is 9.30. The number of para-hydroxylation sites is 1. The summed E-state index contributed by atoms with van der Waals surface area (Å²) in [6, 6.07) is 18.7. The fourth-order valence-corrected chi connectivity index (χ4v) is 5.32. The van der Waals surface area contributed by atoms with Gasteiger partial charge in [-0.3, -0.25) is 4.79 Å². The molecule has 3 aromatic carbocycles. The van der Waals surface area contributed by atoms with Gasteiger partial charge in [-0.05, 0) is 80.1 Å². The van der Waals surface area contributed by atoms with Crippen molar-refractivity contribution in [2.24, 2.45) is 5.18 Å². The molecule has 0 fully saturated rings. The fourth-order valence-electron chi connectivity index (χ4n) is 5.06. The number of benzene rings is 3. The molecule has 0 bridgehead atoms. The summed E-state index contributed by atoms with van der Waals surface area (Å²) in [7, 11) is 0. The third-order valence-corrected chi connectivity index (χ3v) is 7.34. The minimum atomic E-state index is -1.01. The van der Waals surface area contributed by atoms with E-state index in [0.717, 1.165) is 15.7 Å². The normalized spacial score (nSPS) is 18.8. The quantitative estimate of drug-likeness (QED) is 0.344. The van der Waals surface area contributed by atoms with Gasteiger partial charge in [0.1, 0.15) is 12.2 Å². The second kappa shape index (κ2) is 9.09. The molecule has 36 heavy (non-hydrogen) atoms. The molecule has 8 heteroatoms. The van der Waals surface area contributed by atoms with E-state index in [1.807, 2.05) is 66.4 Å². The van der Waals surface area contributed by atoms with E-state index < -0.39 is 11.1 Å². The maximum Gasteiger partial charge on any atom is 0.244 e. The van der Waals surface area contributed by atoms with Gasteiger partial charge in [0.15, 0.2) is 11.5 Å². The van der Waals surface area contributed by atoms with Crippen molar-refractivity contribution in [3.05, 3.63) is 87.2 Å². The standard InChI is InChI=1S/C28H26BrN3O4/c1-4-35-24-16-21(31-34)15-18-13-14-28(36-26(18)24)27(2,3)22-7-5-6-8-23(22)32(28)17-25(33)30-20-11-9-19(29)10-12-20/h5-16H,4,17H2,1-3H3,(H,30,33). The van der Waals surface area contributed by atoms with E-state index in [2.05, 4.69) is 46.3 Å². The molecule has 1 amide bonds. The van der Waals surface area contributed by atoms with Crippen molar-refractivity contribution in [1.82, 2.24) is 0 Å². The van der Waals surface area contributed by atoms with Gasteiger partial charge in [-0.15, -0.1) is 4.91 Å². The summed E-state index contributed by atoms with van der Waals surface area (Å²) in [4.78, 5) is 26.5. The number of nitrogens with one attached hydrogen (secondary N) is 1. The molecule has 0 radical (unpaired) electrons. The number of ether oxygens (including phenoxy) is 2. The van der Waals surface area contributed by atoms with Crippen LogP contribution < -0.4 is 19.7 Å². The molecule has 1 N–H and O–H groups in total. The van der Waals surface area contributed by atoms with Gasteiger partial charge in [0.2, 0.25) is 11.6 Å². The van der Waals surface area contributed by atoms with Gasteiger partial charge < -0.3 is 19.7 Å². The van der Waals surface area contributed by atoms with Crippen molar-refractivity contribution in [3.8, 4) is 11.5 Å². The second-order valence-corrected chi connectivity index (χ2v) is 10.2. The number of carbonyl (C=O) groups is 1. The Balaban J connectivity index is 1.57. The van der Waals surface area contributed by atoms with E-state index in [4.69, 9.17) is 9.47 Å². The molecule has 0 saturated heterocycles. The molecule has 1 unspecified atom stereocenters. The Morgan fingerprint density at radius 2 is 1.89 bits per heavy atom. The predicted molar refractivity (Wildman–Crippen MR) is 145 cm³/mol. The molecule has 2 aliphatic heterocycles. The molecule has 2 heterocycles. The number of hydrogen-bond acceptors (Lipinski definition) is 6. The summed E-state index contributed by atoms with van der Waals surface area (Å²) in [6.07, 6.45) is 3.88. The zero-order chi connectivity index (χ0) is 25.5. The lowest BCUT2D eigenvalue weighted by Crippen LogP contribution is -2.61. The number of fused-ring (bicyclic) bond motifs is 2. The molecular formula is C28H26BrN3O4. The largest absolute Gasteiger partial charge is 0.490 e. The summed E-state index contributed by atoms with van der Waals surface area (Å²) in [6.45, 7) is 6.55. The number of nitrogens with zero attached hydrogens (tertiary/aromatic N) is 2. The Morgan fingerprint density at radius 3 is 2.61 bits per heavy atom. The van der Waals surface area contributed by atoms with Crippen LogP contribution in [0.5, 0.6) is 11.5 Å². The Hall–Kier alpha value is -3.65. The number of carbonyl (C=O) groups excluding carboxylic acids is 1. The monoisotopic (exact) mass is 547 g/mol. The van der Waals surface area contributed by atoms with Crippen molar-refractivity contribution >= 4 is 45.0 Å². The first-order valence-corrected chi connectivity index (χ1v) is 12.5. The van der Waals surface area contributed by atoms with E-state index in [0.29, 0.717) is 29.4 Å². The molecule has 2 aliphatic rings. The van der Waals surface area contributed by atoms with Crippen LogP contribution in [-0.4, -0.2) is 24.8 Å². The number of amides is 1. The lowest BCUT2D eigenvalue weighted by atomic mass is 9.76. The van der Waals surface area contributed by atoms with Gasteiger partial charge in [-0.25, -0.2) is 0 Å². The highest BCUT2D eigenvalue weighted by atomic mass is 79.9. The predicted octanol–water partition coefficient (Wildman–Crippen LogP) is 6.78. The highest BCUT2D eigenvalue weighted by Gasteiger charge is 2.59. The summed E-state index contributed by atoms with van der Waals surface area (Å²) in [5.41, 5.74) is 2.13. The van der Waals surface area contributed by atoms with Crippen molar-refractivity contribution in [2.45, 2.75) is 31.9 Å². The first-order valence-electron chi connectivity index (χ1n) is 11.7. The lowest BCUT2D eigenvalue weighted by molar-refractivity contribution is -0.115. The Morgan fingerprint density at radius 1 is 1.14 bits per heavy atom. The van der Waals surface area contributed by atoms with Gasteiger partial charge in [0.25, 0.3) is 0 Å². The van der Waals surface area contributed by atoms with Crippen LogP contribution in [0.4, 0.5) is 17.1 Å². The van der Waals surface area contributed by atoms with Crippen LogP contribution in [0.3, 0.4) is 0 Å². The number of anilines is 2. The molecule has 3 aromatic rings. The number of hydrogen-bond donors (Lipinski definition) is 1. The van der Waals surface area contributed by atoms with E-state index in [1.165, 1.54) is 0 Å². The van der Waals surface area contributed by atoms with Crippen LogP contribution in [0.25, 0.3) is 6.08 Å². The van der Waals surface area contributed by atoms with E-state index >= 15 is 0 Å². The maximum absolute atomic E-state index is 13.3. The zero-order valence-electron chi connectivity index (χ0n) is 20.2. The maximum atomic E-state index is 13.3. The summed E-state index contributed by atoms with van der Waals surface area (Å²) in [5, 5.41) is 6.07. The first kappa shape index (κ1) is 24.1. The molecule has 7 nitrogen and oxygen atoms in total. The molecule has 5 rings (SSSR count). The van der Waals surface area contributed by atoms with Crippen molar-refractivity contribution in [2.75, 3.05) is 23.4 Å². The van der Waals surface area contributed by atoms with Crippen molar-refractivity contribution < 1.29 is 14.3 Å². The molecule has 0 aromatic heterocycles. The third-order valence-electron chi connectivity index (χ3n) is 6.81. The Labute approximate surface area is 218 Å². The van der Waals surface area contributed by atoms with Gasteiger partial charge >= 0.3 is 0 Å². The summed E-state index contributed by atoms with van der Waals surface area (Å²) in [5.74, 6) is 0.794. The number of halogens is 1. The van der Waals surface area contributed by atoms with E-state index in [-0.39, 0.29) is 18.1 Å². The zero-order valence-corrected chi connectivity index (χ0v) is 21.8. The minimum absolute atomic E-state index is 0.0636. The fraction of sp³-hybridized carbons (Fsp3) is 0.250. The van der Waals surface area contributed by atoms with Crippen LogP contribution in [0, 0.1) is 4.91 Å². The molecule has 184 valence electrons. The van der Waals surface area contributed by atoms with Crippen LogP contribution in [0.15, 0.2) is 76.4 Å². The number of rotatable bonds is 6. The molecule has 1 spiro atoms. The van der Waals surface area contributed by atoms with Crippen molar-refractivity contribution in [1.29, 1.82) is 0 Å². The SMILES string of the molecule is CCOc1cc(N=O)cc2c1OC1(C=C2)N(CC(=O)Nc2ccc(Br)cc2)c2ccccc2C1(C)C. The van der Waals surface area contributed by atoms with Crippen LogP contribution in [-0.2, 0) is 10.2 Å². The molecule has 1 atom stereocenters. The Kier molecular flexibility index (Phi) is 6.08. The van der Waals surface area contributed by atoms with Crippen LogP contribution in [0.2, 0.25) is 0 Å². The van der Waals surface area contributed by atoms with Crippen LogP contribution in [0.1, 0.15) is 31.9 Å². The van der Waals surface area contributed by atoms with Gasteiger partial charge in [0.05, 0.1) is 12.0 Å². The first-order chi connectivity index (χ1) is 17.3. The molecule has 0 aliphatic carbocycles. The smallest absolute Gasteiger partial charge is 0.244 e.